The van der Waals surface area contributed by atoms with Gasteiger partial charge >= 0.3 is 0 Å². The molecule has 0 bridgehead atoms. The predicted octanol–water partition coefficient (Wildman–Crippen LogP) is 3.26. The molecule has 0 atom stereocenters. The molecule has 1 rings (SSSR count). The van der Waals surface area contributed by atoms with Crippen LogP contribution in [0.5, 0.6) is 0 Å². The van der Waals surface area contributed by atoms with Gasteiger partial charge in [0.1, 0.15) is 5.82 Å². The van der Waals surface area contributed by atoms with E-state index in [1.165, 1.54) is 12.1 Å². The number of nitrogens with two attached hydrogens (primary N) is 1. The van der Waals surface area contributed by atoms with E-state index in [0.29, 0.717) is 0 Å². The van der Waals surface area contributed by atoms with Crippen molar-refractivity contribution in [3.63, 3.8) is 0 Å². The van der Waals surface area contributed by atoms with Crippen LogP contribution in [0.4, 0.5) is 4.39 Å². The second-order valence-corrected chi connectivity index (χ2v) is 5.08. The van der Waals surface area contributed by atoms with Crippen LogP contribution in [0.1, 0.15) is 25.8 Å². The summed E-state index contributed by atoms with van der Waals surface area (Å²) in [6, 6.07) is 4.76. The Morgan fingerprint density at radius 1 is 1.43 bits per heavy atom. The molecule has 1 aromatic carbocycles. The summed E-state index contributed by atoms with van der Waals surface area (Å²) in [4.78, 5) is 0. The van der Waals surface area contributed by atoms with Gasteiger partial charge in [-0.3, -0.25) is 0 Å². The Labute approximate surface area is 92.6 Å². The highest BCUT2D eigenvalue weighted by Gasteiger charge is 2.11. The Balaban J connectivity index is 2.68. The van der Waals surface area contributed by atoms with E-state index in [2.05, 4.69) is 15.9 Å². The van der Waals surface area contributed by atoms with Crippen LogP contribution in [0.15, 0.2) is 22.7 Å². The Morgan fingerprint density at radius 2 is 2.07 bits per heavy atom. The van der Waals surface area contributed by atoms with Crippen LogP contribution in [-0.4, -0.2) is 5.54 Å². The number of hydrogen-bond donors (Lipinski definition) is 1. The van der Waals surface area contributed by atoms with Crippen LogP contribution in [0, 0.1) is 5.82 Å². The Morgan fingerprint density at radius 3 is 2.57 bits per heavy atom. The van der Waals surface area contributed by atoms with E-state index in [4.69, 9.17) is 5.73 Å². The number of rotatable bonds is 3. The van der Waals surface area contributed by atoms with Crippen LogP contribution in [0.2, 0.25) is 0 Å². The zero-order valence-corrected chi connectivity index (χ0v) is 10.1. The average molecular weight is 260 g/mol. The highest BCUT2D eigenvalue weighted by molar-refractivity contribution is 9.10. The maximum absolute atomic E-state index is 12.8. The molecule has 0 amide bonds. The van der Waals surface area contributed by atoms with Crippen molar-refractivity contribution in [1.29, 1.82) is 0 Å². The first-order valence-electron chi connectivity index (χ1n) is 4.61. The lowest BCUT2D eigenvalue weighted by atomic mass is 9.97. The minimum Gasteiger partial charge on any atom is -0.326 e. The highest BCUT2D eigenvalue weighted by Crippen LogP contribution is 2.21. The van der Waals surface area contributed by atoms with Gasteiger partial charge in [-0.1, -0.05) is 22.0 Å². The van der Waals surface area contributed by atoms with E-state index >= 15 is 0 Å². The van der Waals surface area contributed by atoms with Crippen molar-refractivity contribution in [2.75, 3.05) is 0 Å². The normalized spacial score (nSPS) is 11.8. The average Bonchev–Trinajstić information content (AvgIpc) is 2.00. The third-order valence-electron chi connectivity index (χ3n) is 2.05. The van der Waals surface area contributed by atoms with Crippen molar-refractivity contribution < 1.29 is 4.39 Å². The molecular formula is C11H15BrFN. The molecule has 2 N–H and O–H groups in total. The maximum Gasteiger partial charge on any atom is 0.124 e. The standard InChI is InChI=1S/C11H15BrFN/c1-11(2,14)6-5-8-3-4-9(13)7-10(8)12/h3-4,7H,5-6,14H2,1-2H3. The lowest BCUT2D eigenvalue weighted by Crippen LogP contribution is -2.32. The van der Waals surface area contributed by atoms with E-state index in [-0.39, 0.29) is 11.4 Å². The molecule has 0 saturated carbocycles. The fourth-order valence-electron chi connectivity index (χ4n) is 1.18. The quantitative estimate of drug-likeness (QED) is 0.886. The molecule has 1 aromatic rings. The highest BCUT2D eigenvalue weighted by atomic mass is 79.9. The monoisotopic (exact) mass is 259 g/mol. The fraction of sp³-hybridized carbons (Fsp3) is 0.455. The molecule has 3 heteroatoms. The number of benzene rings is 1. The smallest absolute Gasteiger partial charge is 0.124 e. The molecule has 0 unspecified atom stereocenters. The second-order valence-electron chi connectivity index (χ2n) is 4.22. The van der Waals surface area contributed by atoms with Crippen LogP contribution < -0.4 is 5.73 Å². The molecule has 0 aliphatic heterocycles. The molecule has 0 radical (unpaired) electrons. The molecule has 0 saturated heterocycles. The summed E-state index contributed by atoms with van der Waals surface area (Å²) in [5.41, 5.74) is 6.80. The first-order chi connectivity index (χ1) is 6.38. The van der Waals surface area contributed by atoms with Crippen LogP contribution in [0.3, 0.4) is 0 Å². The summed E-state index contributed by atoms with van der Waals surface area (Å²) in [6.07, 6.45) is 1.75. The predicted molar refractivity (Wildman–Crippen MR) is 60.7 cm³/mol. The topological polar surface area (TPSA) is 26.0 Å². The molecule has 78 valence electrons. The second kappa shape index (κ2) is 4.41. The molecule has 0 aliphatic rings. The number of hydrogen-bond acceptors (Lipinski definition) is 1. The van der Waals surface area contributed by atoms with Gasteiger partial charge in [0, 0.05) is 10.0 Å². The van der Waals surface area contributed by atoms with E-state index in [1.54, 1.807) is 6.07 Å². The van der Waals surface area contributed by atoms with Gasteiger partial charge in [0.25, 0.3) is 0 Å². The summed E-state index contributed by atoms with van der Waals surface area (Å²) >= 11 is 3.33. The summed E-state index contributed by atoms with van der Waals surface area (Å²) in [7, 11) is 0. The van der Waals surface area contributed by atoms with E-state index in [0.717, 1.165) is 22.9 Å². The summed E-state index contributed by atoms with van der Waals surface area (Å²) in [6.45, 7) is 3.98. The molecule has 1 nitrogen and oxygen atoms in total. The molecule has 0 aliphatic carbocycles. The Kier molecular flexibility index (Phi) is 3.67. The summed E-state index contributed by atoms with van der Waals surface area (Å²) in [5, 5.41) is 0. The van der Waals surface area contributed by atoms with Crippen molar-refractivity contribution in [1.82, 2.24) is 0 Å². The van der Waals surface area contributed by atoms with E-state index in [9.17, 15) is 4.39 Å². The van der Waals surface area contributed by atoms with E-state index < -0.39 is 0 Å². The molecule has 0 aromatic heterocycles. The summed E-state index contributed by atoms with van der Waals surface area (Å²) in [5.74, 6) is -0.215. The minimum absolute atomic E-state index is 0.173. The van der Waals surface area contributed by atoms with Crippen LogP contribution in [-0.2, 0) is 6.42 Å². The maximum atomic E-state index is 12.8. The fourth-order valence-corrected chi connectivity index (χ4v) is 1.73. The molecule has 14 heavy (non-hydrogen) atoms. The SMILES string of the molecule is CC(C)(N)CCc1ccc(F)cc1Br. The van der Waals surface area contributed by atoms with Crippen molar-refractivity contribution in [2.45, 2.75) is 32.2 Å². The third kappa shape index (κ3) is 3.76. The van der Waals surface area contributed by atoms with Gasteiger partial charge in [0.2, 0.25) is 0 Å². The van der Waals surface area contributed by atoms with Gasteiger partial charge < -0.3 is 5.73 Å². The van der Waals surface area contributed by atoms with Crippen LogP contribution in [0.25, 0.3) is 0 Å². The van der Waals surface area contributed by atoms with Crippen molar-refractivity contribution >= 4 is 15.9 Å². The lowest BCUT2D eigenvalue weighted by molar-refractivity contribution is 0.476. The number of aryl methyl sites for hydroxylation is 1. The first kappa shape index (κ1) is 11.7. The Bertz CT molecular complexity index is 318. The van der Waals surface area contributed by atoms with Gasteiger partial charge in [-0.25, -0.2) is 4.39 Å². The molecular weight excluding hydrogens is 245 g/mol. The van der Waals surface area contributed by atoms with Gasteiger partial charge in [0.05, 0.1) is 0 Å². The molecule has 0 heterocycles. The van der Waals surface area contributed by atoms with Gasteiger partial charge in [-0.2, -0.15) is 0 Å². The zero-order valence-electron chi connectivity index (χ0n) is 8.48. The van der Waals surface area contributed by atoms with Crippen molar-refractivity contribution in [3.8, 4) is 0 Å². The zero-order chi connectivity index (χ0) is 10.8. The third-order valence-corrected chi connectivity index (χ3v) is 2.79. The molecule has 0 spiro atoms. The summed E-state index contributed by atoms with van der Waals surface area (Å²) < 4.78 is 13.6. The molecule has 0 fully saturated rings. The Hall–Kier alpha value is -0.410. The van der Waals surface area contributed by atoms with Gasteiger partial charge in [-0.15, -0.1) is 0 Å². The van der Waals surface area contributed by atoms with Gasteiger partial charge in [-0.05, 0) is 44.4 Å². The number of halogens is 2. The van der Waals surface area contributed by atoms with Crippen LogP contribution >= 0.6 is 15.9 Å². The largest absolute Gasteiger partial charge is 0.326 e. The van der Waals surface area contributed by atoms with E-state index in [1.807, 2.05) is 13.8 Å². The van der Waals surface area contributed by atoms with Crippen molar-refractivity contribution in [3.05, 3.63) is 34.1 Å². The minimum atomic E-state index is -0.215. The van der Waals surface area contributed by atoms with Gasteiger partial charge in [0.15, 0.2) is 0 Å². The lowest BCUT2D eigenvalue weighted by Gasteiger charge is -2.18. The first-order valence-corrected chi connectivity index (χ1v) is 5.40. The van der Waals surface area contributed by atoms with Crippen molar-refractivity contribution in [2.24, 2.45) is 5.73 Å².